The van der Waals surface area contributed by atoms with Gasteiger partial charge in [0.1, 0.15) is 12.4 Å². The van der Waals surface area contributed by atoms with Crippen LogP contribution in [-0.4, -0.2) is 26.4 Å². The fraction of sp³-hybridized carbons (Fsp3) is 0.333. The van der Waals surface area contributed by atoms with E-state index in [1.165, 1.54) is 12.3 Å². The number of aromatic amines is 1. The van der Waals surface area contributed by atoms with Crippen LogP contribution in [-0.2, 0) is 4.74 Å². The molecule has 0 bridgehead atoms. The monoisotopic (exact) mass is 226 g/mol. The van der Waals surface area contributed by atoms with E-state index in [1.807, 2.05) is 0 Å². The summed E-state index contributed by atoms with van der Waals surface area (Å²) in [6, 6.07) is 1.18. The van der Waals surface area contributed by atoms with Crippen LogP contribution in [0.15, 0.2) is 33.4 Å². The lowest BCUT2D eigenvalue weighted by molar-refractivity contribution is 0.0591. The van der Waals surface area contributed by atoms with E-state index in [0.717, 1.165) is 4.57 Å². The lowest BCUT2D eigenvalue weighted by Crippen LogP contribution is -2.31. The fourth-order valence-electron chi connectivity index (χ4n) is 1.49. The first-order valence-electron chi connectivity index (χ1n) is 4.62. The van der Waals surface area contributed by atoms with Gasteiger partial charge in [-0.25, -0.2) is 4.79 Å². The van der Waals surface area contributed by atoms with E-state index in [-0.39, 0.29) is 17.9 Å². The second-order valence-corrected chi connectivity index (χ2v) is 3.32. The summed E-state index contributed by atoms with van der Waals surface area (Å²) in [5.41, 5.74) is -1.12. The zero-order valence-corrected chi connectivity index (χ0v) is 8.21. The molecule has 1 aliphatic rings. The Hall–Kier alpha value is -2.02. The van der Waals surface area contributed by atoms with Crippen molar-refractivity contribution in [2.45, 2.75) is 12.6 Å². The average Bonchev–Trinajstić information content (AvgIpc) is 2.59. The number of H-pyrrole nitrogens is 1. The molecule has 0 aliphatic carbocycles. The van der Waals surface area contributed by atoms with Crippen LogP contribution in [0, 0.1) is 0 Å². The van der Waals surface area contributed by atoms with Crippen molar-refractivity contribution in [3.63, 3.8) is 0 Å². The molecule has 2 rings (SSSR count). The van der Waals surface area contributed by atoms with Gasteiger partial charge < -0.3 is 14.9 Å². The van der Waals surface area contributed by atoms with Gasteiger partial charge in [-0.15, -0.1) is 0 Å². The second kappa shape index (κ2) is 3.86. The Morgan fingerprint density at radius 2 is 2.31 bits per heavy atom. The number of hydrogen-bond donors (Lipinski definition) is 3. The van der Waals surface area contributed by atoms with E-state index in [9.17, 15) is 14.7 Å². The summed E-state index contributed by atoms with van der Waals surface area (Å²) in [7, 11) is 0. The van der Waals surface area contributed by atoms with Crippen molar-refractivity contribution in [1.29, 1.82) is 0 Å². The van der Waals surface area contributed by atoms with Crippen molar-refractivity contribution in [3.8, 4) is 0 Å². The van der Waals surface area contributed by atoms with Crippen LogP contribution < -0.4 is 11.2 Å². The van der Waals surface area contributed by atoms with Crippen LogP contribution in [0.25, 0.3) is 0 Å². The van der Waals surface area contributed by atoms with Crippen LogP contribution >= 0.6 is 0 Å². The molecule has 1 unspecified atom stereocenters. The summed E-state index contributed by atoms with van der Waals surface area (Å²) in [6.07, 6.45) is 0.632. The number of aromatic nitrogens is 2. The third-order valence-electron chi connectivity index (χ3n) is 2.27. The Kier molecular flexibility index (Phi) is 2.53. The molecule has 0 fully saturated rings. The molecule has 0 saturated carbocycles. The molecule has 0 saturated heterocycles. The minimum absolute atomic E-state index is 0.0445. The topological polar surface area (TPSA) is 105 Å². The maximum absolute atomic E-state index is 11.4. The maximum atomic E-state index is 11.4. The van der Waals surface area contributed by atoms with E-state index in [4.69, 9.17) is 9.84 Å². The number of nitrogens with zero attached hydrogens (tertiary/aromatic N) is 1. The number of rotatable bonds is 2. The lowest BCUT2D eigenvalue weighted by Gasteiger charge is -2.13. The van der Waals surface area contributed by atoms with E-state index in [0.29, 0.717) is 0 Å². The normalized spacial score (nSPS) is 19.9. The van der Waals surface area contributed by atoms with Crippen LogP contribution in [0.4, 0.5) is 0 Å². The Labute approximate surface area is 89.2 Å². The van der Waals surface area contributed by atoms with E-state index >= 15 is 0 Å². The average molecular weight is 226 g/mol. The Morgan fingerprint density at radius 3 is 2.88 bits per heavy atom. The van der Waals surface area contributed by atoms with Gasteiger partial charge in [0.15, 0.2) is 12.0 Å². The molecule has 16 heavy (non-hydrogen) atoms. The third kappa shape index (κ3) is 1.72. The summed E-state index contributed by atoms with van der Waals surface area (Å²) < 4.78 is 6.29. The molecule has 1 aromatic rings. The zero-order chi connectivity index (χ0) is 11.7. The van der Waals surface area contributed by atoms with Gasteiger partial charge in [-0.1, -0.05) is 0 Å². The molecule has 1 atom stereocenters. The highest BCUT2D eigenvalue weighted by Crippen LogP contribution is 2.28. The molecule has 0 aromatic carbocycles. The number of hydrogen-bond acceptors (Lipinski definition) is 5. The van der Waals surface area contributed by atoms with Crippen molar-refractivity contribution < 1.29 is 14.9 Å². The van der Waals surface area contributed by atoms with Crippen molar-refractivity contribution in [2.24, 2.45) is 0 Å². The third-order valence-corrected chi connectivity index (χ3v) is 2.27. The first-order chi connectivity index (χ1) is 7.61. The van der Waals surface area contributed by atoms with Gasteiger partial charge in [0.25, 0.3) is 5.56 Å². The standard InChI is InChI=1S/C9H10N2O5/c12-4-6-5(13)3-8(16-6)11-2-1-7(14)10-9(11)15/h1-2,8,12-13H,3-4H2,(H,10,14,15). The highest BCUT2D eigenvalue weighted by Gasteiger charge is 2.26. The second-order valence-electron chi connectivity index (χ2n) is 3.32. The highest BCUT2D eigenvalue weighted by molar-refractivity contribution is 5.07. The quantitative estimate of drug-likeness (QED) is 0.613. The van der Waals surface area contributed by atoms with Crippen LogP contribution in [0.2, 0.25) is 0 Å². The zero-order valence-electron chi connectivity index (χ0n) is 8.21. The maximum Gasteiger partial charge on any atom is 0.331 e. The Bertz CT molecular complexity index is 541. The fourth-order valence-corrected chi connectivity index (χ4v) is 1.49. The van der Waals surface area contributed by atoms with Crippen LogP contribution in [0.5, 0.6) is 0 Å². The predicted molar refractivity (Wildman–Crippen MR) is 52.8 cm³/mol. The number of aliphatic hydroxyl groups excluding tert-OH is 2. The summed E-state index contributed by atoms with van der Waals surface area (Å²) in [5.74, 6) is -0.0475. The summed E-state index contributed by atoms with van der Waals surface area (Å²) >= 11 is 0. The van der Waals surface area contributed by atoms with Gasteiger partial charge in [-0.3, -0.25) is 14.3 Å². The van der Waals surface area contributed by atoms with E-state index in [1.54, 1.807) is 0 Å². The molecule has 86 valence electrons. The molecule has 0 spiro atoms. The van der Waals surface area contributed by atoms with Gasteiger partial charge in [-0.2, -0.15) is 0 Å². The largest absolute Gasteiger partial charge is 0.508 e. The van der Waals surface area contributed by atoms with Crippen molar-refractivity contribution in [1.82, 2.24) is 9.55 Å². The first kappa shape index (κ1) is 10.5. The minimum atomic E-state index is -0.730. The molecule has 0 amide bonds. The smallest absolute Gasteiger partial charge is 0.331 e. The predicted octanol–water partition coefficient (Wildman–Crippen LogP) is -0.783. The summed E-state index contributed by atoms with van der Waals surface area (Å²) in [4.78, 5) is 24.3. The number of ether oxygens (including phenoxy) is 1. The summed E-state index contributed by atoms with van der Waals surface area (Å²) in [6.45, 7) is -0.430. The minimum Gasteiger partial charge on any atom is -0.508 e. The van der Waals surface area contributed by atoms with Gasteiger partial charge in [0.2, 0.25) is 0 Å². The van der Waals surface area contributed by atoms with Gasteiger partial charge in [0.05, 0.1) is 6.42 Å². The molecular formula is C9H10N2O5. The number of nitrogens with one attached hydrogen (secondary N) is 1. The van der Waals surface area contributed by atoms with Crippen molar-refractivity contribution in [3.05, 3.63) is 44.6 Å². The molecule has 2 heterocycles. The Balaban J connectivity index is 2.30. The van der Waals surface area contributed by atoms with Gasteiger partial charge >= 0.3 is 5.69 Å². The van der Waals surface area contributed by atoms with E-state index in [2.05, 4.69) is 4.98 Å². The van der Waals surface area contributed by atoms with E-state index < -0.39 is 24.1 Å². The first-order valence-corrected chi connectivity index (χ1v) is 4.62. The molecule has 0 radical (unpaired) electrons. The molecule has 3 N–H and O–H groups in total. The lowest BCUT2D eigenvalue weighted by atomic mass is 10.3. The molecular weight excluding hydrogens is 216 g/mol. The molecule has 7 nitrogen and oxygen atoms in total. The summed E-state index contributed by atoms with van der Waals surface area (Å²) in [5, 5.41) is 18.2. The van der Waals surface area contributed by atoms with Gasteiger partial charge in [-0.05, 0) is 0 Å². The van der Waals surface area contributed by atoms with Crippen molar-refractivity contribution in [2.75, 3.05) is 6.61 Å². The number of aliphatic hydroxyl groups is 2. The molecule has 7 heteroatoms. The molecule has 1 aliphatic heterocycles. The van der Waals surface area contributed by atoms with Gasteiger partial charge in [0, 0.05) is 12.3 Å². The molecule has 1 aromatic heterocycles. The SMILES string of the molecule is O=c1ccn(C2CC(O)=C(CO)O2)c(=O)[nH]1. The van der Waals surface area contributed by atoms with Crippen LogP contribution in [0.1, 0.15) is 12.6 Å². The Morgan fingerprint density at radius 1 is 1.56 bits per heavy atom. The van der Waals surface area contributed by atoms with Crippen LogP contribution in [0.3, 0.4) is 0 Å². The highest BCUT2D eigenvalue weighted by atomic mass is 16.5. The van der Waals surface area contributed by atoms with Crippen molar-refractivity contribution >= 4 is 0 Å².